The number of fused-ring (bicyclic) bond motifs is 1. The van der Waals surface area contributed by atoms with Crippen molar-refractivity contribution < 1.29 is 9.53 Å². The van der Waals surface area contributed by atoms with Crippen LogP contribution in [-0.2, 0) is 17.6 Å². The molecular formula is C15H22O2S. The van der Waals surface area contributed by atoms with Crippen LogP contribution in [0.1, 0.15) is 61.8 Å². The molecule has 0 aliphatic heterocycles. The number of hydrogen-bond acceptors (Lipinski definition) is 3. The molecule has 0 saturated heterocycles. The van der Waals surface area contributed by atoms with Gasteiger partial charge in [-0.2, -0.15) is 0 Å². The predicted octanol–water partition coefficient (Wildman–Crippen LogP) is 4.22. The topological polar surface area (TPSA) is 26.3 Å². The zero-order valence-electron chi connectivity index (χ0n) is 11.9. The van der Waals surface area contributed by atoms with Crippen molar-refractivity contribution in [3.05, 3.63) is 21.4 Å². The fourth-order valence-electron chi connectivity index (χ4n) is 2.34. The van der Waals surface area contributed by atoms with E-state index < -0.39 is 5.60 Å². The maximum absolute atomic E-state index is 12.1. The summed E-state index contributed by atoms with van der Waals surface area (Å²) in [6, 6.07) is 0. The van der Waals surface area contributed by atoms with Gasteiger partial charge in [-0.15, -0.1) is 11.3 Å². The van der Waals surface area contributed by atoms with Crippen molar-refractivity contribution >= 4 is 17.3 Å². The Morgan fingerprint density at radius 3 is 2.67 bits per heavy atom. The summed E-state index contributed by atoms with van der Waals surface area (Å²) < 4.78 is 5.47. The summed E-state index contributed by atoms with van der Waals surface area (Å²) in [6.45, 7) is 10.3. The van der Waals surface area contributed by atoms with Crippen LogP contribution in [0.2, 0.25) is 0 Å². The zero-order chi connectivity index (χ0) is 13.6. The summed E-state index contributed by atoms with van der Waals surface area (Å²) in [5, 5.41) is 1.97. The Balaban J connectivity index is 2.23. The lowest BCUT2D eigenvalue weighted by molar-refractivity contribution is 0.00683. The molecule has 0 radical (unpaired) electrons. The fraction of sp³-hybridized carbons (Fsp3) is 0.667. The van der Waals surface area contributed by atoms with Gasteiger partial charge in [0.15, 0.2) is 0 Å². The molecule has 0 saturated carbocycles. The molecule has 1 aliphatic rings. The number of carbonyl (C=O) groups is 1. The summed E-state index contributed by atoms with van der Waals surface area (Å²) in [7, 11) is 0. The van der Waals surface area contributed by atoms with Crippen molar-refractivity contribution in [1.82, 2.24) is 0 Å². The third-order valence-corrected chi connectivity index (χ3v) is 4.32. The van der Waals surface area contributed by atoms with Gasteiger partial charge in [0.1, 0.15) is 5.60 Å². The molecule has 1 aliphatic carbocycles. The van der Waals surface area contributed by atoms with Gasteiger partial charge in [-0.05, 0) is 51.0 Å². The normalized spacial score (nSPS) is 18.3. The Morgan fingerprint density at radius 2 is 2.06 bits per heavy atom. The van der Waals surface area contributed by atoms with Gasteiger partial charge in [-0.25, -0.2) is 4.79 Å². The average Bonchev–Trinajstić information content (AvgIpc) is 2.55. The molecule has 3 heteroatoms. The van der Waals surface area contributed by atoms with Gasteiger partial charge in [0.2, 0.25) is 0 Å². The predicted molar refractivity (Wildman–Crippen MR) is 75.3 cm³/mol. The number of ether oxygens (including phenoxy) is 1. The maximum atomic E-state index is 12.1. The van der Waals surface area contributed by atoms with Crippen molar-refractivity contribution in [2.45, 2.75) is 59.5 Å². The summed E-state index contributed by atoms with van der Waals surface area (Å²) >= 11 is 1.71. The van der Waals surface area contributed by atoms with Crippen molar-refractivity contribution in [3.63, 3.8) is 0 Å². The number of carbonyl (C=O) groups excluding carboxylic acids is 1. The van der Waals surface area contributed by atoms with Crippen molar-refractivity contribution in [2.24, 2.45) is 5.41 Å². The van der Waals surface area contributed by atoms with Gasteiger partial charge < -0.3 is 4.74 Å². The number of esters is 1. The molecule has 0 spiro atoms. The van der Waals surface area contributed by atoms with Crippen LogP contribution in [0.3, 0.4) is 0 Å². The van der Waals surface area contributed by atoms with E-state index in [1.165, 1.54) is 10.4 Å². The highest BCUT2D eigenvalue weighted by atomic mass is 32.1. The largest absolute Gasteiger partial charge is 0.456 e. The van der Waals surface area contributed by atoms with Crippen LogP contribution in [0.4, 0.5) is 0 Å². The van der Waals surface area contributed by atoms with E-state index in [1.54, 1.807) is 11.3 Å². The first-order valence-electron chi connectivity index (χ1n) is 6.51. The average molecular weight is 266 g/mol. The number of thiophene rings is 1. The quantitative estimate of drug-likeness (QED) is 0.711. The van der Waals surface area contributed by atoms with Gasteiger partial charge in [0.05, 0.1) is 5.56 Å². The first kappa shape index (κ1) is 13.6. The molecule has 18 heavy (non-hydrogen) atoms. The first-order chi connectivity index (χ1) is 8.18. The van der Waals surface area contributed by atoms with Gasteiger partial charge in [0.25, 0.3) is 0 Å². The van der Waals surface area contributed by atoms with Gasteiger partial charge in [0, 0.05) is 10.3 Å². The molecule has 0 atom stereocenters. The Labute approximate surface area is 113 Å². The summed E-state index contributed by atoms with van der Waals surface area (Å²) in [5.41, 5.74) is 1.97. The molecule has 1 aromatic heterocycles. The molecule has 2 nitrogen and oxygen atoms in total. The third-order valence-electron chi connectivity index (χ3n) is 3.29. The van der Waals surface area contributed by atoms with E-state index in [2.05, 4.69) is 13.8 Å². The highest BCUT2D eigenvalue weighted by Crippen LogP contribution is 2.39. The molecule has 1 heterocycles. The van der Waals surface area contributed by atoms with E-state index >= 15 is 0 Å². The van der Waals surface area contributed by atoms with Gasteiger partial charge in [-0.3, -0.25) is 0 Å². The monoisotopic (exact) mass is 266 g/mol. The summed E-state index contributed by atoms with van der Waals surface area (Å²) in [6.07, 6.45) is 3.22. The standard InChI is InChI=1S/C15H22O2S/c1-14(2,3)17-13(16)11-9-18-12-8-15(4,5)7-6-10(11)12/h9H,6-8H2,1-5H3. The first-order valence-corrected chi connectivity index (χ1v) is 7.38. The van der Waals surface area contributed by atoms with Crippen LogP contribution in [-0.4, -0.2) is 11.6 Å². The van der Waals surface area contributed by atoms with Gasteiger partial charge >= 0.3 is 5.97 Å². The molecule has 100 valence electrons. The minimum absolute atomic E-state index is 0.167. The van der Waals surface area contributed by atoms with Crippen LogP contribution >= 0.6 is 11.3 Å². The smallest absolute Gasteiger partial charge is 0.339 e. The van der Waals surface area contributed by atoms with E-state index in [0.717, 1.165) is 24.8 Å². The van der Waals surface area contributed by atoms with Crippen LogP contribution in [0.5, 0.6) is 0 Å². The molecule has 1 aromatic rings. The van der Waals surface area contributed by atoms with Gasteiger partial charge in [-0.1, -0.05) is 13.8 Å². The Kier molecular flexibility index (Phi) is 3.30. The SMILES string of the molecule is CC1(C)CCc2c(C(=O)OC(C)(C)C)csc2C1. The van der Waals surface area contributed by atoms with E-state index in [4.69, 9.17) is 4.74 Å². The Hall–Kier alpha value is -0.830. The lowest BCUT2D eigenvalue weighted by atomic mass is 9.77. The molecule has 2 rings (SSSR count). The summed E-state index contributed by atoms with van der Waals surface area (Å²) in [4.78, 5) is 13.5. The molecule has 0 amide bonds. The second kappa shape index (κ2) is 4.37. The molecule has 0 aromatic carbocycles. The highest BCUT2D eigenvalue weighted by Gasteiger charge is 2.31. The highest BCUT2D eigenvalue weighted by molar-refractivity contribution is 7.10. The molecule has 0 N–H and O–H groups in total. The molecule has 0 unspecified atom stereocenters. The van der Waals surface area contributed by atoms with Crippen molar-refractivity contribution in [1.29, 1.82) is 0 Å². The maximum Gasteiger partial charge on any atom is 0.339 e. The van der Waals surface area contributed by atoms with E-state index in [1.807, 2.05) is 26.2 Å². The lowest BCUT2D eigenvalue weighted by Gasteiger charge is -2.29. The Morgan fingerprint density at radius 1 is 1.39 bits per heavy atom. The second-order valence-corrected chi connectivity index (χ2v) is 7.86. The minimum Gasteiger partial charge on any atom is -0.456 e. The number of hydrogen-bond donors (Lipinski definition) is 0. The Bertz CT molecular complexity index is 463. The molecular weight excluding hydrogens is 244 g/mol. The second-order valence-electron chi connectivity index (χ2n) is 6.89. The lowest BCUT2D eigenvalue weighted by Crippen LogP contribution is -2.26. The molecule has 0 fully saturated rings. The van der Waals surface area contributed by atoms with E-state index in [9.17, 15) is 4.79 Å². The van der Waals surface area contributed by atoms with Crippen LogP contribution < -0.4 is 0 Å². The summed E-state index contributed by atoms with van der Waals surface area (Å²) in [5.74, 6) is -0.167. The van der Waals surface area contributed by atoms with Crippen molar-refractivity contribution in [2.75, 3.05) is 0 Å². The molecule has 0 bridgehead atoms. The minimum atomic E-state index is -0.417. The van der Waals surface area contributed by atoms with E-state index in [0.29, 0.717) is 5.41 Å². The van der Waals surface area contributed by atoms with Crippen LogP contribution in [0.15, 0.2) is 5.38 Å². The van der Waals surface area contributed by atoms with Crippen LogP contribution in [0.25, 0.3) is 0 Å². The van der Waals surface area contributed by atoms with E-state index in [-0.39, 0.29) is 5.97 Å². The number of rotatable bonds is 1. The fourth-order valence-corrected chi connectivity index (χ4v) is 3.66. The van der Waals surface area contributed by atoms with Crippen molar-refractivity contribution in [3.8, 4) is 0 Å². The zero-order valence-corrected chi connectivity index (χ0v) is 12.7. The third kappa shape index (κ3) is 2.94. The van der Waals surface area contributed by atoms with Crippen LogP contribution in [0, 0.1) is 5.41 Å².